The Morgan fingerprint density at radius 2 is 1.79 bits per heavy atom. The highest BCUT2D eigenvalue weighted by Crippen LogP contribution is 2.37. The summed E-state index contributed by atoms with van der Waals surface area (Å²) >= 11 is 6.34. The van der Waals surface area contributed by atoms with Crippen molar-refractivity contribution in [3.63, 3.8) is 0 Å². The second kappa shape index (κ2) is 10.6. The van der Waals surface area contributed by atoms with Crippen molar-refractivity contribution in [2.24, 2.45) is 0 Å². The third-order valence-corrected chi connectivity index (χ3v) is 4.07. The lowest BCUT2D eigenvalue weighted by atomic mass is 10.1. The number of benzene rings is 2. The molecule has 2 aromatic rings. The summed E-state index contributed by atoms with van der Waals surface area (Å²) in [5, 5.41) is 5.73. The molecule has 0 fully saturated rings. The molecule has 0 atom stereocenters. The van der Waals surface area contributed by atoms with Crippen LogP contribution < -0.4 is 24.8 Å². The molecule has 2 aromatic carbocycles. The first kappa shape index (κ1) is 22.4. The van der Waals surface area contributed by atoms with Gasteiger partial charge in [0.15, 0.2) is 11.5 Å². The van der Waals surface area contributed by atoms with Gasteiger partial charge in [0.1, 0.15) is 5.75 Å². The van der Waals surface area contributed by atoms with Gasteiger partial charge in [0.2, 0.25) is 5.91 Å². The van der Waals surface area contributed by atoms with Gasteiger partial charge < -0.3 is 24.8 Å². The van der Waals surface area contributed by atoms with E-state index < -0.39 is 5.91 Å². The van der Waals surface area contributed by atoms with Gasteiger partial charge in [0.05, 0.1) is 31.0 Å². The molecule has 8 heteroatoms. The average Bonchev–Trinajstić information content (AvgIpc) is 2.67. The second-order valence-electron chi connectivity index (χ2n) is 6.12. The number of methoxy groups -OCH3 is 1. The first-order valence-electron chi connectivity index (χ1n) is 9.25. The molecule has 0 unspecified atom stereocenters. The molecule has 0 radical (unpaired) electrons. The smallest absolute Gasteiger partial charge is 0.255 e. The largest absolute Gasteiger partial charge is 0.495 e. The number of carbonyl (C=O) groups is 2. The summed E-state index contributed by atoms with van der Waals surface area (Å²) in [6, 6.07) is 8.05. The molecule has 7 nitrogen and oxygen atoms in total. The average molecular weight is 421 g/mol. The monoisotopic (exact) mass is 420 g/mol. The first-order valence-corrected chi connectivity index (χ1v) is 9.63. The van der Waals surface area contributed by atoms with Crippen molar-refractivity contribution < 1.29 is 23.8 Å². The molecule has 2 amide bonds. The highest BCUT2D eigenvalue weighted by molar-refractivity contribution is 6.32. The van der Waals surface area contributed by atoms with E-state index in [2.05, 4.69) is 10.6 Å². The van der Waals surface area contributed by atoms with Crippen LogP contribution in [0.4, 0.5) is 11.4 Å². The zero-order chi connectivity index (χ0) is 21.4. The highest BCUT2D eigenvalue weighted by Gasteiger charge is 2.18. The van der Waals surface area contributed by atoms with Gasteiger partial charge >= 0.3 is 0 Å². The van der Waals surface area contributed by atoms with E-state index in [4.69, 9.17) is 25.8 Å². The van der Waals surface area contributed by atoms with Gasteiger partial charge in [-0.25, -0.2) is 0 Å². The Hall–Kier alpha value is -2.93. The zero-order valence-electron chi connectivity index (χ0n) is 16.9. The van der Waals surface area contributed by atoms with Crippen LogP contribution in [0.2, 0.25) is 5.02 Å². The van der Waals surface area contributed by atoms with E-state index in [0.29, 0.717) is 47.4 Å². The van der Waals surface area contributed by atoms with Crippen molar-refractivity contribution in [2.45, 2.75) is 27.2 Å². The molecule has 29 heavy (non-hydrogen) atoms. The molecule has 156 valence electrons. The van der Waals surface area contributed by atoms with Crippen molar-refractivity contribution in [1.29, 1.82) is 0 Å². The van der Waals surface area contributed by atoms with Gasteiger partial charge in [-0.3, -0.25) is 9.59 Å². The third kappa shape index (κ3) is 6.02. The minimum Gasteiger partial charge on any atom is -0.495 e. The number of halogens is 1. The summed E-state index contributed by atoms with van der Waals surface area (Å²) in [5.74, 6) is 0.637. The van der Waals surface area contributed by atoms with E-state index in [-0.39, 0.29) is 10.9 Å². The van der Waals surface area contributed by atoms with E-state index in [0.717, 1.165) is 6.42 Å². The Balaban J connectivity index is 2.33. The van der Waals surface area contributed by atoms with Crippen molar-refractivity contribution in [1.82, 2.24) is 0 Å². The van der Waals surface area contributed by atoms with Crippen LogP contribution >= 0.6 is 11.6 Å². The van der Waals surface area contributed by atoms with Crippen LogP contribution in [-0.4, -0.2) is 32.1 Å². The van der Waals surface area contributed by atoms with Crippen LogP contribution in [0.3, 0.4) is 0 Å². The number of ether oxygens (including phenoxy) is 3. The molecule has 0 aliphatic heterocycles. The van der Waals surface area contributed by atoms with Crippen LogP contribution in [-0.2, 0) is 4.79 Å². The van der Waals surface area contributed by atoms with Gasteiger partial charge in [0, 0.05) is 18.2 Å². The second-order valence-corrected chi connectivity index (χ2v) is 6.52. The maximum Gasteiger partial charge on any atom is 0.255 e. The predicted octanol–water partition coefficient (Wildman–Crippen LogP) is 4.75. The number of rotatable bonds is 9. The molecule has 0 aliphatic carbocycles. The SMILES string of the molecule is CCCOc1c(Cl)cc(C(=O)Nc2cc(NC(C)=O)ccc2OC)cc1OCC. The lowest BCUT2D eigenvalue weighted by Gasteiger charge is -2.16. The number of amides is 2. The molecule has 2 rings (SSSR count). The van der Waals surface area contributed by atoms with E-state index >= 15 is 0 Å². The number of hydrogen-bond acceptors (Lipinski definition) is 5. The minimum absolute atomic E-state index is 0.219. The standard InChI is InChI=1S/C21H25ClN2O5/c1-5-9-29-20-16(22)10-14(11-19(20)28-6-2)21(26)24-17-12-15(23-13(3)25)7-8-18(17)27-4/h7-8,10-12H,5-6,9H2,1-4H3,(H,23,25)(H,24,26). The molecule has 0 aromatic heterocycles. The van der Waals surface area contributed by atoms with Crippen LogP contribution in [0.1, 0.15) is 37.6 Å². The Morgan fingerprint density at radius 3 is 2.41 bits per heavy atom. The molecular weight excluding hydrogens is 396 g/mol. The van der Waals surface area contributed by atoms with Crippen LogP contribution in [0.15, 0.2) is 30.3 Å². The first-order chi connectivity index (χ1) is 13.9. The number of carbonyl (C=O) groups excluding carboxylic acids is 2. The van der Waals surface area contributed by atoms with Gasteiger partial charge in [-0.1, -0.05) is 18.5 Å². The molecule has 0 aliphatic rings. The quantitative estimate of drug-likeness (QED) is 0.611. The maximum atomic E-state index is 12.8. The van der Waals surface area contributed by atoms with Gasteiger partial charge in [-0.05, 0) is 43.7 Å². The van der Waals surface area contributed by atoms with Crippen molar-refractivity contribution in [3.05, 3.63) is 40.9 Å². The molecule has 0 bridgehead atoms. The Kier molecular flexibility index (Phi) is 8.15. The van der Waals surface area contributed by atoms with Gasteiger partial charge in [0.25, 0.3) is 5.91 Å². The molecule has 2 N–H and O–H groups in total. The number of nitrogens with one attached hydrogen (secondary N) is 2. The topological polar surface area (TPSA) is 85.9 Å². The summed E-state index contributed by atoms with van der Waals surface area (Å²) in [6.45, 7) is 6.11. The Morgan fingerprint density at radius 1 is 1.03 bits per heavy atom. The normalized spacial score (nSPS) is 10.2. The zero-order valence-corrected chi connectivity index (χ0v) is 17.7. The summed E-state index contributed by atoms with van der Waals surface area (Å²) < 4.78 is 16.6. The van der Waals surface area contributed by atoms with Gasteiger partial charge in [-0.15, -0.1) is 0 Å². The van der Waals surface area contributed by atoms with Crippen molar-refractivity contribution in [2.75, 3.05) is 31.0 Å². The van der Waals surface area contributed by atoms with Crippen molar-refractivity contribution in [3.8, 4) is 17.2 Å². The number of hydrogen-bond donors (Lipinski definition) is 2. The van der Waals surface area contributed by atoms with E-state index in [1.807, 2.05) is 13.8 Å². The minimum atomic E-state index is -0.409. The number of anilines is 2. The summed E-state index contributed by atoms with van der Waals surface area (Å²) in [7, 11) is 1.49. The molecule has 0 saturated heterocycles. The summed E-state index contributed by atoms with van der Waals surface area (Å²) in [4.78, 5) is 24.1. The molecule has 0 saturated carbocycles. The van der Waals surface area contributed by atoms with Crippen LogP contribution in [0.5, 0.6) is 17.2 Å². The fourth-order valence-corrected chi connectivity index (χ4v) is 2.85. The molecule has 0 heterocycles. The van der Waals surface area contributed by atoms with Gasteiger partial charge in [-0.2, -0.15) is 0 Å². The van der Waals surface area contributed by atoms with Crippen LogP contribution in [0.25, 0.3) is 0 Å². The lowest BCUT2D eigenvalue weighted by Crippen LogP contribution is -2.14. The summed E-state index contributed by atoms with van der Waals surface area (Å²) in [5.41, 5.74) is 1.24. The molecular formula is C21H25ClN2O5. The highest BCUT2D eigenvalue weighted by atomic mass is 35.5. The van der Waals surface area contributed by atoms with Crippen molar-refractivity contribution >= 4 is 34.8 Å². The maximum absolute atomic E-state index is 12.8. The lowest BCUT2D eigenvalue weighted by molar-refractivity contribution is -0.114. The summed E-state index contributed by atoms with van der Waals surface area (Å²) in [6.07, 6.45) is 0.814. The Bertz CT molecular complexity index is 886. The third-order valence-electron chi connectivity index (χ3n) is 3.79. The fourth-order valence-electron chi connectivity index (χ4n) is 2.59. The van der Waals surface area contributed by atoms with Crippen LogP contribution in [0, 0.1) is 0 Å². The Labute approximate surface area is 175 Å². The van der Waals surface area contributed by atoms with E-state index in [1.165, 1.54) is 20.1 Å². The predicted molar refractivity (Wildman–Crippen MR) is 114 cm³/mol. The van der Waals surface area contributed by atoms with E-state index in [9.17, 15) is 9.59 Å². The molecule has 0 spiro atoms. The fraction of sp³-hybridized carbons (Fsp3) is 0.333. The van der Waals surface area contributed by atoms with E-state index in [1.54, 1.807) is 24.3 Å².